The highest BCUT2D eigenvalue weighted by atomic mass is 15.2. The number of hydrogen-bond acceptors (Lipinski definition) is 4. The molecule has 1 aromatic heterocycles. The van der Waals surface area contributed by atoms with Crippen LogP contribution >= 0.6 is 0 Å². The van der Waals surface area contributed by atoms with E-state index in [1.807, 2.05) is 6.07 Å². The van der Waals surface area contributed by atoms with Crippen molar-refractivity contribution in [3.63, 3.8) is 0 Å². The summed E-state index contributed by atoms with van der Waals surface area (Å²) in [5.74, 6) is 4.09. The van der Waals surface area contributed by atoms with Crippen LogP contribution in [0.2, 0.25) is 0 Å². The highest BCUT2D eigenvalue weighted by Gasteiger charge is 2.33. The number of rotatable bonds is 5. The molecule has 4 heteroatoms. The molecule has 1 aromatic rings. The molecule has 0 spiro atoms. The summed E-state index contributed by atoms with van der Waals surface area (Å²) in [5.41, 5.74) is 5.82. The second kappa shape index (κ2) is 4.90. The molecule has 4 nitrogen and oxygen atoms in total. The van der Waals surface area contributed by atoms with Crippen molar-refractivity contribution in [1.29, 1.82) is 0 Å². The largest absolute Gasteiger partial charge is 0.384 e. The van der Waals surface area contributed by atoms with Gasteiger partial charge in [-0.25, -0.2) is 9.97 Å². The van der Waals surface area contributed by atoms with Gasteiger partial charge in [-0.15, -0.1) is 0 Å². The molecule has 0 amide bonds. The van der Waals surface area contributed by atoms with E-state index in [0.29, 0.717) is 5.82 Å². The number of aromatic nitrogens is 2. The summed E-state index contributed by atoms with van der Waals surface area (Å²) >= 11 is 0. The lowest BCUT2D eigenvalue weighted by Gasteiger charge is -2.19. The second-order valence-corrected chi connectivity index (χ2v) is 5.17. The molecule has 1 aliphatic rings. The van der Waals surface area contributed by atoms with Crippen LogP contribution in [0.1, 0.15) is 32.5 Å². The van der Waals surface area contributed by atoms with Crippen LogP contribution in [0, 0.1) is 11.8 Å². The highest BCUT2D eigenvalue weighted by Crippen LogP contribution is 2.38. The maximum Gasteiger partial charge on any atom is 0.134 e. The van der Waals surface area contributed by atoms with Crippen molar-refractivity contribution in [3.05, 3.63) is 11.9 Å². The fraction of sp³-hybridized carbons (Fsp3) is 0.692. The molecule has 1 aliphatic carbocycles. The third-order valence-corrected chi connectivity index (χ3v) is 3.43. The summed E-state index contributed by atoms with van der Waals surface area (Å²) in [7, 11) is 2.09. The minimum Gasteiger partial charge on any atom is -0.384 e. The monoisotopic (exact) mass is 234 g/mol. The Morgan fingerprint density at radius 2 is 2.18 bits per heavy atom. The molecular weight excluding hydrogens is 212 g/mol. The van der Waals surface area contributed by atoms with Crippen LogP contribution in [0.5, 0.6) is 0 Å². The first kappa shape index (κ1) is 12.1. The smallest absolute Gasteiger partial charge is 0.134 e. The first-order valence-corrected chi connectivity index (χ1v) is 6.44. The average Bonchev–Trinajstić information content (AvgIpc) is 2.93. The Labute approximate surface area is 103 Å². The highest BCUT2D eigenvalue weighted by molar-refractivity contribution is 5.46. The molecule has 2 N–H and O–H groups in total. The molecular formula is C13H22N4. The average molecular weight is 234 g/mol. The molecule has 94 valence electrons. The van der Waals surface area contributed by atoms with Crippen LogP contribution < -0.4 is 10.6 Å². The number of nitrogen functional groups attached to an aromatic ring is 1. The zero-order chi connectivity index (χ0) is 12.4. The van der Waals surface area contributed by atoms with Gasteiger partial charge in [-0.2, -0.15) is 0 Å². The number of nitrogens with two attached hydrogens (primary N) is 1. The number of anilines is 2. The summed E-state index contributed by atoms with van der Waals surface area (Å²) in [6, 6.07) is 1.87. The Bertz CT molecular complexity index is 391. The zero-order valence-electron chi connectivity index (χ0n) is 11.0. The van der Waals surface area contributed by atoms with E-state index in [9.17, 15) is 0 Å². The molecule has 17 heavy (non-hydrogen) atoms. The summed E-state index contributed by atoms with van der Waals surface area (Å²) in [4.78, 5) is 11.0. The Morgan fingerprint density at radius 3 is 2.76 bits per heavy atom. The second-order valence-electron chi connectivity index (χ2n) is 5.17. The SMILES string of the molecule is CCCc1nc(N)cc(N(C)CC2CC2C)n1. The van der Waals surface area contributed by atoms with Crippen LogP contribution in [0.3, 0.4) is 0 Å². The van der Waals surface area contributed by atoms with Crippen LogP contribution in [0.4, 0.5) is 11.6 Å². The van der Waals surface area contributed by atoms with E-state index in [0.717, 1.165) is 42.9 Å². The van der Waals surface area contributed by atoms with E-state index in [4.69, 9.17) is 5.73 Å². The van der Waals surface area contributed by atoms with E-state index in [1.54, 1.807) is 0 Å². The quantitative estimate of drug-likeness (QED) is 0.847. The lowest BCUT2D eigenvalue weighted by molar-refractivity contribution is 0.714. The Balaban J connectivity index is 2.07. The molecule has 0 aromatic carbocycles. The van der Waals surface area contributed by atoms with Gasteiger partial charge < -0.3 is 10.6 Å². The minimum atomic E-state index is 0.578. The van der Waals surface area contributed by atoms with E-state index < -0.39 is 0 Å². The third kappa shape index (κ3) is 3.08. The maximum atomic E-state index is 5.82. The van der Waals surface area contributed by atoms with Crippen LogP contribution in [0.15, 0.2) is 6.07 Å². The zero-order valence-corrected chi connectivity index (χ0v) is 11.0. The molecule has 2 atom stereocenters. The van der Waals surface area contributed by atoms with Gasteiger partial charge in [-0.3, -0.25) is 0 Å². The van der Waals surface area contributed by atoms with Crippen molar-refractivity contribution < 1.29 is 0 Å². The molecule has 1 heterocycles. The molecule has 1 fully saturated rings. The standard InChI is InChI=1S/C13H22N4/c1-4-5-12-15-11(14)7-13(16-12)17(3)8-10-6-9(10)2/h7,9-10H,4-6,8H2,1-3H3,(H2,14,15,16). The van der Waals surface area contributed by atoms with Crippen molar-refractivity contribution in [1.82, 2.24) is 9.97 Å². The van der Waals surface area contributed by atoms with Gasteiger partial charge in [0.1, 0.15) is 17.5 Å². The first-order chi connectivity index (χ1) is 8.10. The molecule has 2 rings (SSSR count). The van der Waals surface area contributed by atoms with Gasteiger partial charge in [0.2, 0.25) is 0 Å². The molecule has 0 radical (unpaired) electrons. The first-order valence-electron chi connectivity index (χ1n) is 6.44. The van der Waals surface area contributed by atoms with Crippen molar-refractivity contribution in [2.75, 3.05) is 24.2 Å². The van der Waals surface area contributed by atoms with Crippen LogP contribution in [-0.4, -0.2) is 23.6 Å². The number of hydrogen-bond donors (Lipinski definition) is 1. The van der Waals surface area contributed by atoms with Gasteiger partial charge in [0.05, 0.1) is 0 Å². The Kier molecular flexibility index (Phi) is 3.50. The van der Waals surface area contributed by atoms with E-state index in [-0.39, 0.29) is 0 Å². The predicted octanol–water partition coefficient (Wildman–Crippen LogP) is 2.10. The fourth-order valence-corrected chi connectivity index (χ4v) is 2.13. The summed E-state index contributed by atoms with van der Waals surface area (Å²) in [5, 5.41) is 0. The molecule has 0 saturated heterocycles. The molecule has 1 saturated carbocycles. The summed E-state index contributed by atoms with van der Waals surface area (Å²) in [6.07, 6.45) is 3.28. The van der Waals surface area contributed by atoms with E-state index in [1.165, 1.54) is 6.42 Å². The topological polar surface area (TPSA) is 55.0 Å². The van der Waals surface area contributed by atoms with Crippen LogP contribution in [-0.2, 0) is 6.42 Å². The normalized spacial score (nSPS) is 22.5. The van der Waals surface area contributed by atoms with Crippen molar-refractivity contribution >= 4 is 11.6 Å². The van der Waals surface area contributed by atoms with Crippen molar-refractivity contribution in [3.8, 4) is 0 Å². The van der Waals surface area contributed by atoms with Gasteiger partial charge >= 0.3 is 0 Å². The Morgan fingerprint density at radius 1 is 1.47 bits per heavy atom. The fourth-order valence-electron chi connectivity index (χ4n) is 2.13. The number of nitrogens with zero attached hydrogens (tertiary/aromatic N) is 3. The van der Waals surface area contributed by atoms with Crippen molar-refractivity contribution in [2.45, 2.75) is 33.1 Å². The lowest BCUT2D eigenvalue weighted by Crippen LogP contribution is -2.22. The van der Waals surface area contributed by atoms with E-state index >= 15 is 0 Å². The van der Waals surface area contributed by atoms with Gasteiger partial charge in [-0.1, -0.05) is 13.8 Å². The summed E-state index contributed by atoms with van der Waals surface area (Å²) < 4.78 is 0. The third-order valence-electron chi connectivity index (χ3n) is 3.43. The van der Waals surface area contributed by atoms with Crippen LogP contribution in [0.25, 0.3) is 0 Å². The lowest BCUT2D eigenvalue weighted by atomic mass is 10.3. The molecule has 0 aliphatic heterocycles. The van der Waals surface area contributed by atoms with Gasteiger partial charge in [0.25, 0.3) is 0 Å². The van der Waals surface area contributed by atoms with Gasteiger partial charge in [0, 0.05) is 26.1 Å². The van der Waals surface area contributed by atoms with Gasteiger partial charge in [0.15, 0.2) is 0 Å². The molecule has 0 bridgehead atoms. The maximum absolute atomic E-state index is 5.82. The molecule has 2 unspecified atom stereocenters. The minimum absolute atomic E-state index is 0.578. The van der Waals surface area contributed by atoms with Crippen molar-refractivity contribution in [2.24, 2.45) is 11.8 Å². The Hall–Kier alpha value is -1.32. The van der Waals surface area contributed by atoms with E-state index in [2.05, 4.69) is 35.8 Å². The summed E-state index contributed by atoms with van der Waals surface area (Å²) in [6.45, 7) is 5.50. The number of aryl methyl sites for hydroxylation is 1. The van der Waals surface area contributed by atoms with Gasteiger partial charge in [-0.05, 0) is 24.7 Å². The predicted molar refractivity (Wildman–Crippen MR) is 71.0 cm³/mol.